The molecule has 11 N–H and O–H groups in total. The minimum absolute atomic E-state index is 0.0105. The maximum Gasteiger partial charge on any atom is 0.326 e. The largest absolute Gasteiger partial charge is 0.481 e. The molecule has 0 spiro atoms. The first-order chi connectivity index (χ1) is 15.3. The third kappa shape index (κ3) is 12.3. The number of aliphatic carboxylic acids is 2. The topological polar surface area (TPSA) is 274 Å². The van der Waals surface area contributed by atoms with E-state index < -0.39 is 84.9 Å². The summed E-state index contributed by atoms with van der Waals surface area (Å²) in [6, 6.07) is -6.08. The van der Waals surface area contributed by atoms with Crippen LogP contribution in [0, 0.1) is 0 Å². The Balaban J connectivity index is 5.51. The fourth-order valence-corrected chi connectivity index (χ4v) is 2.89. The summed E-state index contributed by atoms with van der Waals surface area (Å²) < 4.78 is 0. The van der Waals surface area contributed by atoms with E-state index >= 15 is 0 Å². The van der Waals surface area contributed by atoms with Crippen molar-refractivity contribution in [2.45, 2.75) is 49.9 Å². The van der Waals surface area contributed by atoms with Crippen molar-refractivity contribution < 1.29 is 43.8 Å². The molecule has 0 bridgehead atoms. The van der Waals surface area contributed by atoms with E-state index in [1.807, 2.05) is 0 Å². The SMILES string of the molecule is CSCCC(NC(=O)C(CC(=O)O)NC(=O)C(N)CC(N)=O)C(=O)NC(CC(N)=O)C(=O)O. The Morgan fingerprint density at radius 2 is 1.24 bits per heavy atom. The van der Waals surface area contributed by atoms with Crippen molar-refractivity contribution in [3.05, 3.63) is 0 Å². The van der Waals surface area contributed by atoms with Gasteiger partial charge in [0.1, 0.15) is 18.1 Å². The molecule has 0 aromatic carbocycles. The number of hydrogen-bond donors (Lipinski definition) is 8. The molecular formula is C17H28N6O9S. The Kier molecular flexibility index (Phi) is 13.1. The van der Waals surface area contributed by atoms with Crippen molar-refractivity contribution in [3.8, 4) is 0 Å². The average molecular weight is 493 g/mol. The zero-order chi connectivity index (χ0) is 25.7. The normalized spacial score (nSPS) is 14.1. The summed E-state index contributed by atoms with van der Waals surface area (Å²) in [5, 5.41) is 24.6. The van der Waals surface area contributed by atoms with E-state index in [2.05, 4.69) is 16.0 Å². The van der Waals surface area contributed by atoms with Gasteiger partial charge in [0.05, 0.1) is 25.3 Å². The van der Waals surface area contributed by atoms with Gasteiger partial charge in [-0.25, -0.2) is 4.79 Å². The number of nitrogens with one attached hydrogen (secondary N) is 3. The van der Waals surface area contributed by atoms with Gasteiger partial charge in [-0.1, -0.05) is 0 Å². The Morgan fingerprint density at radius 1 is 0.758 bits per heavy atom. The van der Waals surface area contributed by atoms with E-state index in [1.54, 1.807) is 6.26 Å². The van der Waals surface area contributed by atoms with Gasteiger partial charge in [-0.3, -0.25) is 28.8 Å². The Hall–Kier alpha value is -3.40. The number of carbonyl (C=O) groups is 7. The number of nitrogens with two attached hydrogens (primary N) is 3. The lowest BCUT2D eigenvalue weighted by Gasteiger charge is -2.24. The minimum Gasteiger partial charge on any atom is -0.481 e. The fourth-order valence-electron chi connectivity index (χ4n) is 2.42. The molecule has 33 heavy (non-hydrogen) atoms. The molecular weight excluding hydrogens is 464 g/mol. The van der Waals surface area contributed by atoms with Crippen molar-refractivity contribution >= 4 is 53.2 Å². The lowest BCUT2D eigenvalue weighted by atomic mass is 10.1. The molecule has 0 saturated heterocycles. The van der Waals surface area contributed by atoms with Crippen LogP contribution < -0.4 is 33.2 Å². The summed E-state index contributed by atoms with van der Waals surface area (Å²) in [4.78, 5) is 81.6. The molecule has 0 aromatic heterocycles. The number of thioether (sulfide) groups is 1. The summed E-state index contributed by atoms with van der Waals surface area (Å²) in [7, 11) is 0. The minimum atomic E-state index is -1.67. The predicted molar refractivity (Wildman–Crippen MR) is 114 cm³/mol. The van der Waals surface area contributed by atoms with Gasteiger partial charge in [0.2, 0.25) is 29.5 Å². The van der Waals surface area contributed by atoms with Crippen LogP contribution in [-0.4, -0.2) is 87.9 Å². The lowest BCUT2D eigenvalue weighted by molar-refractivity contribution is -0.144. The van der Waals surface area contributed by atoms with Gasteiger partial charge in [-0.05, 0) is 18.4 Å². The number of amides is 5. The van der Waals surface area contributed by atoms with E-state index in [9.17, 15) is 33.6 Å². The molecule has 0 aliphatic heterocycles. The van der Waals surface area contributed by atoms with Crippen molar-refractivity contribution in [1.82, 2.24) is 16.0 Å². The van der Waals surface area contributed by atoms with Gasteiger partial charge in [-0.2, -0.15) is 11.8 Å². The summed E-state index contributed by atoms with van der Waals surface area (Å²) in [6.45, 7) is 0. The number of hydrogen-bond acceptors (Lipinski definition) is 9. The van der Waals surface area contributed by atoms with Gasteiger partial charge >= 0.3 is 11.9 Å². The maximum absolute atomic E-state index is 12.6. The second-order valence-electron chi connectivity index (χ2n) is 6.85. The monoisotopic (exact) mass is 492 g/mol. The molecule has 0 aliphatic carbocycles. The van der Waals surface area contributed by atoms with E-state index in [4.69, 9.17) is 27.4 Å². The number of carbonyl (C=O) groups excluding carboxylic acids is 5. The number of carboxylic acid groups (broad SMARTS) is 2. The number of primary amides is 2. The van der Waals surface area contributed by atoms with Crippen LogP contribution in [0.3, 0.4) is 0 Å². The van der Waals surface area contributed by atoms with Crippen molar-refractivity contribution in [1.29, 1.82) is 0 Å². The first-order valence-electron chi connectivity index (χ1n) is 9.45. The first kappa shape index (κ1) is 29.6. The van der Waals surface area contributed by atoms with Crippen LogP contribution in [-0.2, 0) is 33.6 Å². The third-order valence-electron chi connectivity index (χ3n) is 4.03. The average Bonchev–Trinajstić information content (AvgIpc) is 2.68. The molecule has 4 atom stereocenters. The highest BCUT2D eigenvalue weighted by atomic mass is 32.2. The van der Waals surface area contributed by atoms with Gasteiger partial charge in [0.25, 0.3) is 0 Å². The van der Waals surface area contributed by atoms with Crippen molar-refractivity contribution in [3.63, 3.8) is 0 Å². The van der Waals surface area contributed by atoms with Crippen LogP contribution in [0.5, 0.6) is 0 Å². The molecule has 0 aromatic rings. The summed E-state index contributed by atoms with van der Waals surface area (Å²) >= 11 is 1.30. The van der Waals surface area contributed by atoms with Crippen LogP contribution in [0.2, 0.25) is 0 Å². The highest BCUT2D eigenvalue weighted by Crippen LogP contribution is 2.05. The van der Waals surface area contributed by atoms with Crippen LogP contribution in [0.1, 0.15) is 25.7 Å². The Bertz CT molecular complexity index is 778. The zero-order valence-corrected chi connectivity index (χ0v) is 18.6. The summed E-state index contributed by atoms with van der Waals surface area (Å²) in [5.41, 5.74) is 15.4. The first-order valence-corrected chi connectivity index (χ1v) is 10.8. The second-order valence-corrected chi connectivity index (χ2v) is 7.83. The smallest absolute Gasteiger partial charge is 0.326 e. The third-order valence-corrected chi connectivity index (χ3v) is 4.68. The van der Waals surface area contributed by atoms with Crippen LogP contribution in [0.4, 0.5) is 0 Å². The van der Waals surface area contributed by atoms with Crippen molar-refractivity contribution in [2.24, 2.45) is 17.2 Å². The maximum atomic E-state index is 12.6. The molecule has 0 fully saturated rings. The van der Waals surface area contributed by atoms with Crippen LogP contribution in [0.25, 0.3) is 0 Å². The van der Waals surface area contributed by atoms with Crippen molar-refractivity contribution in [2.75, 3.05) is 12.0 Å². The van der Waals surface area contributed by atoms with E-state index in [1.165, 1.54) is 11.8 Å². The molecule has 5 amide bonds. The molecule has 16 heteroatoms. The van der Waals surface area contributed by atoms with Gasteiger partial charge in [0, 0.05) is 0 Å². The molecule has 0 heterocycles. The van der Waals surface area contributed by atoms with Crippen LogP contribution >= 0.6 is 11.8 Å². The van der Waals surface area contributed by atoms with Crippen LogP contribution in [0.15, 0.2) is 0 Å². The highest BCUT2D eigenvalue weighted by Gasteiger charge is 2.31. The molecule has 0 saturated carbocycles. The van der Waals surface area contributed by atoms with E-state index in [0.29, 0.717) is 5.75 Å². The zero-order valence-electron chi connectivity index (χ0n) is 17.7. The summed E-state index contributed by atoms with van der Waals surface area (Å²) in [6.07, 6.45) is -0.409. The Morgan fingerprint density at radius 3 is 1.70 bits per heavy atom. The second kappa shape index (κ2) is 14.6. The quantitative estimate of drug-likeness (QED) is 0.102. The lowest BCUT2D eigenvalue weighted by Crippen LogP contribution is -2.58. The molecule has 0 aliphatic rings. The molecule has 0 rings (SSSR count). The van der Waals surface area contributed by atoms with Gasteiger partial charge < -0.3 is 43.4 Å². The number of carboxylic acids is 2. The molecule has 0 radical (unpaired) electrons. The Labute approximate surface area is 192 Å². The van der Waals surface area contributed by atoms with Gasteiger partial charge in [0.15, 0.2) is 0 Å². The van der Waals surface area contributed by atoms with E-state index in [-0.39, 0.29) is 6.42 Å². The molecule has 4 unspecified atom stereocenters. The van der Waals surface area contributed by atoms with E-state index in [0.717, 1.165) is 0 Å². The number of rotatable bonds is 16. The summed E-state index contributed by atoms with van der Waals surface area (Å²) in [5.74, 6) is -7.58. The van der Waals surface area contributed by atoms with Gasteiger partial charge in [-0.15, -0.1) is 0 Å². The fraction of sp³-hybridized carbons (Fsp3) is 0.588. The molecule has 15 nitrogen and oxygen atoms in total. The molecule has 186 valence electrons. The highest BCUT2D eigenvalue weighted by molar-refractivity contribution is 7.98. The standard InChI is InChI=1S/C17H28N6O9S/c1-33-3-2-8(15(29)23-10(17(31)32)5-12(20)25)21-16(30)9(6-13(26)27)22-14(28)7(18)4-11(19)24/h7-10H,2-6,18H2,1H3,(H2,19,24)(H2,20,25)(H,21,30)(H,22,28)(H,23,29)(H,26,27)(H,31,32). The predicted octanol–water partition coefficient (Wildman–Crippen LogP) is -4.17.